The third kappa shape index (κ3) is 3.40. The van der Waals surface area contributed by atoms with E-state index in [9.17, 15) is 0 Å². The molecule has 1 aromatic heterocycles. The minimum atomic E-state index is 0.782. The second kappa shape index (κ2) is 6.11. The lowest BCUT2D eigenvalue weighted by Crippen LogP contribution is -1.98. The summed E-state index contributed by atoms with van der Waals surface area (Å²) in [5.41, 5.74) is 0.982. The summed E-state index contributed by atoms with van der Waals surface area (Å²) >= 11 is 5.17. The smallest absolute Gasteiger partial charge is 0.124 e. The molecule has 1 heterocycles. The van der Waals surface area contributed by atoms with E-state index < -0.39 is 0 Å². The highest BCUT2D eigenvalue weighted by atomic mass is 79.9. The maximum Gasteiger partial charge on any atom is 0.124 e. The number of thiophene rings is 1. The molecule has 2 rings (SSSR count). The molecule has 1 aromatic carbocycles. The molecule has 96 valence electrons. The fraction of sp³-hybridized carbons (Fsp3) is 0.231. The summed E-state index contributed by atoms with van der Waals surface area (Å²) < 4.78 is 11.6. The maximum absolute atomic E-state index is 5.23. The first kappa shape index (κ1) is 13.2. The molecule has 5 heteroatoms. The van der Waals surface area contributed by atoms with Crippen molar-refractivity contribution in [2.75, 3.05) is 19.5 Å². The van der Waals surface area contributed by atoms with Crippen molar-refractivity contribution in [1.82, 2.24) is 0 Å². The second-order valence-corrected chi connectivity index (χ2v) is 6.21. The molecule has 0 amide bonds. The van der Waals surface area contributed by atoms with Gasteiger partial charge >= 0.3 is 0 Å². The molecule has 0 saturated heterocycles. The number of ether oxygens (including phenoxy) is 2. The molecule has 18 heavy (non-hydrogen) atoms. The van der Waals surface area contributed by atoms with Crippen LogP contribution in [0.25, 0.3) is 0 Å². The minimum Gasteiger partial charge on any atom is -0.497 e. The zero-order chi connectivity index (χ0) is 13.0. The van der Waals surface area contributed by atoms with Gasteiger partial charge in [-0.15, -0.1) is 11.3 Å². The van der Waals surface area contributed by atoms with Crippen LogP contribution in [0.5, 0.6) is 11.5 Å². The van der Waals surface area contributed by atoms with Gasteiger partial charge in [-0.25, -0.2) is 0 Å². The Balaban J connectivity index is 2.08. The van der Waals surface area contributed by atoms with E-state index in [1.54, 1.807) is 25.6 Å². The van der Waals surface area contributed by atoms with Gasteiger partial charge in [-0.1, -0.05) is 0 Å². The normalized spacial score (nSPS) is 10.2. The van der Waals surface area contributed by atoms with Crippen molar-refractivity contribution in [2.24, 2.45) is 0 Å². The van der Waals surface area contributed by atoms with Crippen molar-refractivity contribution in [3.8, 4) is 11.5 Å². The third-order valence-electron chi connectivity index (χ3n) is 2.45. The molecule has 1 N–H and O–H groups in total. The summed E-state index contributed by atoms with van der Waals surface area (Å²) in [5, 5.41) is 3.35. The SMILES string of the molecule is COc1cc(NCc2ccc(Br)s2)cc(OC)c1. The van der Waals surface area contributed by atoms with Crippen molar-refractivity contribution in [3.63, 3.8) is 0 Å². The van der Waals surface area contributed by atoms with Gasteiger partial charge in [0.2, 0.25) is 0 Å². The van der Waals surface area contributed by atoms with Crippen LogP contribution in [0.15, 0.2) is 34.1 Å². The Bertz CT molecular complexity index is 505. The van der Waals surface area contributed by atoms with Crippen molar-refractivity contribution >= 4 is 33.0 Å². The highest BCUT2D eigenvalue weighted by Gasteiger charge is 2.02. The number of methoxy groups -OCH3 is 2. The standard InChI is InChI=1S/C13H14BrNO2S/c1-16-10-5-9(6-11(7-10)17-2)15-8-12-3-4-13(14)18-12/h3-7,15H,8H2,1-2H3. The van der Waals surface area contributed by atoms with E-state index in [0.717, 1.165) is 27.5 Å². The Kier molecular flexibility index (Phi) is 4.49. The lowest BCUT2D eigenvalue weighted by molar-refractivity contribution is 0.394. The van der Waals surface area contributed by atoms with Gasteiger partial charge in [0.1, 0.15) is 11.5 Å². The molecular formula is C13H14BrNO2S. The van der Waals surface area contributed by atoms with Gasteiger partial charge in [-0.2, -0.15) is 0 Å². The molecule has 0 atom stereocenters. The van der Waals surface area contributed by atoms with Crippen LogP contribution in [0.1, 0.15) is 4.88 Å². The molecule has 0 fully saturated rings. The van der Waals surface area contributed by atoms with Crippen molar-refractivity contribution in [2.45, 2.75) is 6.54 Å². The monoisotopic (exact) mass is 327 g/mol. The first-order valence-electron chi connectivity index (χ1n) is 5.42. The highest BCUT2D eigenvalue weighted by molar-refractivity contribution is 9.11. The molecular weight excluding hydrogens is 314 g/mol. The van der Waals surface area contributed by atoms with E-state index in [0.29, 0.717) is 0 Å². The third-order valence-corrected chi connectivity index (χ3v) is 4.07. The van der Waals surface area contributed by atoms with Crippen LogP contribution in [-0.2, 0) is 6.54 Å². The number of hydrogen-bond acceptors (Lipinski definition) is 4. The second-order valence-electron chi connectivity index (χ2n) is 3.66. The molecule has 0 aliphatic carbocycles. The van der Waals surface area contributed by atoms with Gasteiger partial charge < -0.3 is 14.8 Å². The topological polar surface area (TPSA) is 30.5 Å². The summed E-state index contributed by atoms with van der Waals surface area (Å²) in [5.74, 6) is 1.56. The van der Waals surface area contributed by atoms with E-state index in [-0.39, 0.29) is 0 Å². The molecule has 0 bridgehead atoms. The van der Waals surface area contributed by atoms with Crippen LogP contribution >= 0.6 is 27.3 Å². The van der Waals surface area contributed by atoms with Crippen LogP contribution in [0.4, 0.5) is 5.69 Å². The van der Waals surface area contributed by atoms with Crippen molar-refractivity contribution < 1.29 is 9.47 Å². The van der Waals surface area contributed by atoms with Crippen LogP contribution < -0.4 is 14.8 Å². The predicted molar refractivity (Wildman–Crippen MR) is 78.9 cm³/mol. The zero-order valence-electron chi connectivity index (χ0n) is 10.2. The summed E-state index contributed by atoms with van der Waals surface area (Å²) in [4.78, 5) is 1.27. The Hall–Kier alpha value is -1.20. The molecule has 0 radical (unpaired) electrons. The van der Waals surface area contributed by atoms with Gasteiger partial charge in [-0.05, 0) is 28.1 Å². The lowest BCUT2D eigenvalue weighted by Gasteiger charge is -2.09. The molecule has 0 unspecified atom stereocenters. The Morgan fingerprint density at radius 1 is 1.11 bits per heavy atom. The first-order valence-corrected chi connectivity index (χ1v) is 7.03. The lowest BCUT2D eigenvalue weighted by atomic mass is 10.2. The van der Waals surface area contributed by atoms with E-state index in [1.165, 1.54) is 4.88 Å². The number of rotatable bonds is 5. The number of nitrogens with one attached hydrogen (secondary N) is 1. The number of anilines is 1. The molecule has 2 aromatic rings. The van der Waals surface area contributed by atoms with E-state index in [2.05, 4.69) is 27.3 Å². The quantitative estimate of drug-likeness (QED) is 0.895. The van der Waals surface area contributed by atoms with E-state index in [1.807, 2.05) is 24.3 Å². The van der Waals surface area contributed by atoms with E-state index in [4.69, 9.17) is 9.47 Å². The maximum atomic E-state index is 5.23. The minimum absolute atomic E-state index is 0.782. The molecule has 0 aliphatic heterocycles. The van der Waals surface area contributed by atoms with Crippen LogP contribution in [0, 0.1) is 0 Å². The van der Waals surface area contributed by atoms with Crippen molar-refractivity contribution in [1.29, 1.82) is 0 Å². The molecule has 0 aliphatic rings. The van der Waals surface area contributed by atoms with Crippen molar-refractivity contribution in [3.05, 3.63) is 39.0 Å². The Morgan fingerprint density at radius 2 is 1.78 bits per heavy atom. The van der Waals surface area contributed by atoms with Gasteiger partial charge in [-0.3, -0.25) is 0 Å². The largest absolute Gasteiger partial charge is 0.497 e. The fourth-order valence-electron chi connectivity index (χ4n) is 1.55. The summed E-state index contributed by atoms with van der Waals surface area (Å²) in [7, 11) is 3.30. The van der Waals surface area contributed by atoms with Gasteiger partial charge in [0, 0.05) is 35.3 Å². The molecule has 0 spiro atoms. The summed E-state index contributed by atoms with van der Waals surface area (Å²) in [6.07, 6.45) is 0. The highest BCUT2D eigenvalue weighted by Crippen LogP contribution is 2.27. The molecule has 0 saturated carbocycles. The number of halogens is 1. The summed E-state index contributed by atoms with van der Waals surface area (Å²) in [6, 6.07) is 9.90. The average molecular weight is 328 g/mol. The number of hydrogen-bond donors (Lipinski definition) is 1. The van der Waals surface area contributed by atoms with Crippen LogP contribution in [0.3, 0.4) is 0 Å². The predicted octanol–water partition coefficient (Wildman–Crippen LogP) is 4.14. The Labute approximate surface area is 119 Å². The fourth-order valence-corrected chi connectivity index (χ4v) is 2.97. The van der Waals surface area contributed by atoms with Gasteiger partial charge in [0.05, 0.1) is 18.0 Å². The summed E-state index contributed by atoms with van der Waals surface area (Å²) in [6.45, 7) is 0.784. The van der Waals surface area contributed by atoms with E-state index >= 15 is 0 Å². The van der Waals surface area contributed by atoms with Crippen LogP contribution in [0.2, 0.25) is 0 Å². The number of benzene rings is 1. The first-order chi connectivity index (χ1) is 8.71. The zero-order valence-corrected chi connectivity index (χ0v) is 12.6. The Morgan fingerprint density at radius 3 is 2.28 bits per heavy atom. The molecule has 3 nitrogen and oxygen atoms in total. The van der Waals surface area contributed by atoms with Gasteiger partial charge in [0.25, 0.3) is 0 Å². The van der Waals surface area contributed by atoms with Crippen LogP contribution in [-0.4, -0.2) is 14.2 Å². The van der Waals surface area contributed by atoms with Gasteiger partial charge in [0.15, 0.2) is 0 Å². The average Bonchev–Trinajstić information content (AvgIpc) is 2.81.